The lowest BCUT2D eigenvalue weighted by molar-refractivity contribution is -0.120. The summed E-state index contributed by atoms with van der Waals surface area (Å²) in [4.78, 5) is 28.8. The fraction of sp³-hybridized carbons (Fsp3) is 0.241. The molecule has 1 aliphatic heterocycles. The molecule has 4 rings (SSSR count). The van der Waals surface area contributed by atoms with Gasteiger partial charge in [0.2, 0.25) is 0 Å². The first-order valence-electron chi connectivity index (χ1n) is 11.6. The van der Waals surface area contributed by atoms with Crippen molar-refractivity contribution in [1.82, 2.24) is 0 Å². The molecule has 0 radical (unpaired) electrons. The van der Waals surface area contributed by atoms with Gasteiger partial charge in [-0.2, -0.15) is 0 Å². The van der Waals surface area contributed by atoms with Crippen LogP contribution in [0.3, 0.4) is 0 Å². The summed E-state index contributed by atoms with van der Waals surface area (Å²) in [5, 5.41) is 3.30. The Morgan fingerprint density at radius 2 is 1.44 bits per heavy atom. The number of anilines is 2. The molecular formula is C29H30N2O3. The van der Waals surface area contributed by atoms with Crippen molar-refractivity contribution in [2.75, 3.05) is 16.8 Å². The minimum atomic E-state index is -0.360. The fourth-order valence-electron chi connectivity index (χ4n) is 4.04. The maximum absolute atomic E-state index is 13.8. The molecule has 0 spiro atoms. The van der Waals surface area contributed by atoms with E-state index in [1.54, 1.807) is 0 Å². The largest absolute Gasteiger partial charge is 0.494 e. The van der Waals surface area contributed by atoms with Crippen LogP contribution < -0.4 is 15.0 Å². The van der Waals surface area contributed by atoms with Gasteiger partial charge in [0.25, 0.3) is 11.8 Å². The van der Waals surface area contributed by atoms with Gasteiger partial charge >= 0.3 is 0 Å². The van der Waals surface area contributed by atoms with Crippen molar-refractivity contribution >= 4 is 28.8 Å². The average Bonchev–Trinajstić information content (AvgIpc) is 3.06. The third-order valence-corrected chi connectivity index (χ3v) is 5.96. The molecule has 1 N–H and O–H groups in total. The van der Waals surface area contributed by atoms with Gasteiger partial charge in [0.05, 0.1) is 17.9 Å². The molecule has 0 aliphatic carbocycles. The number of benzene rings is 3. The Hall–Kier alpha value is -3.86. The van der Waals surface area contributed by atoms with E-state index in [0.717, 1.165) is 40.1 Å². The predicted molar refractivity (Wildman–Crippen MR) is 137 cm³/mol. The second-order valence-corrected chi connectivity index (χ2v) is 8.80. The summed E-state index contributed by atoms with van der Waals surface area (Å²) in [6.07, 6.45) is 0.911. The van der Waals surface area contributed by atoms with E-state index in [1.165, 1.54) is 4.90 Å². The van der Waals surface area contributed by atoms with Crippen LogP contribution in [0.4, 0.5) is 11.4 Å². The van der Waals surface area contributed by atoms with Crippen LogP contribution in [0.5, 0.6) is 5.75 Å². The standard InChI is InChI=1S/C29H30N2O3/c1-6-15-34-23-13-11-22(12-14-23)26-27(30-24-16-18(2)7-9-20(24)4)29(33)31(28(26)32)25-17-19(3)8-10-21(25)5/h7-14,16-17,30H,6,15H2,1-5H3. The Bertz CT molecular complexity index is 1290. The van der Waals surface area contributed by atoms with E-state index in [1.807, 2.05) is 88.4 Å². The third kappa shape index (κ3) is 4.46. The molecule has 34 heavy (non-hydrogen) atoms. The van der Waals surface area contributed by atoms with Gasteiger partial charge in [0, 0.05) is 5.69 Å². The second-order valence-electron chi connectivity index (χ2n) is 8.80. The van der Waals surface area contributed by atoms with Gasteiger partial charge in [0.15, 0.2) is 0 Å². The Morgan fingerprint density at radius 1 is 0.794 bits per heavy atom. The first-order chi connectivity index (χ1) is 16.3. The first kappa shape index (κ1) is 23.3. The van der Waals surface area contributed by atoms with Crippen LogP contribution in [0.15, 0.2) is 66.4 Å². The SMILES string of the molecule is CCCOc1ccc(C2=C(Nc3cc(C)ccc3C)C(=O)N(c3cc(C)ccc3C)C2=O)cc1. The molecule has 5 nitrogen and oxygen atoms in total. The van der Waals surface area contributed by atoms with Crippen molar-refractivity contribution in [1.29, 1.82) is 0 Å². The molecule has 3 aromatic rings. The monoisotopic (exact) mass is 454 g/mol. The van der Waals surface area contributed by atoms with Crippen LogP contribution in [-0.4, -0.2) is 18.4 Å². The van der Waals surface area contributed by atoms with Crippen LogP contribution in [0.2, 0.25) is 0 Å². The molecule has 0 atom stereocenters. The van der Waals surface area contributed by atoms with Gasteiger partial charge in [-0.3, -0.25) is 9.59 Å². The van der Waals surface area contributed by atoms with Crippen LogP contribution in [0, 0.1) is 27.7 Å². The number of nitrogens with zero attached hydrogens (tertiary/aromatic N) is 1. The van der Waals surface area contributed by atoms with Gasteiger partial charge in [-0.1, -0.05) is 43.3 Å². The quantitative estimate of drug-likeness (QED) is 0.438. The lowest BCUT2D eigenvalue weighted by Crippen LogP contribution is -2.33. The highest BCUT2D eigenvalue weighted by Crippen LogP contribution is 2.36. The molecule has 1 heterocycles. The Kier molecular flexibility index (Phi) is 6.55. The van der Waals surface area contributed by atoms with Crippen molar-refractivity contribution in [3.8, 4) is 5.75 Å². The molecule has 5 heteroatoms. The molecule has 2 amide bonds. The highest BCUT2D eigenvalue weighted by Gasteiger charge is 2.41. The summed E-state index contributed by atoms with van der Waals surface area (Å²) in [6.45, 7) is 10.5. The molecule has 0 bridgehead atoms. The zero-order chi connectivity index (χ0) is 24.4. The number of carbonyl (C=O) groups excluding carboxylic acids is 2. The molecule has 1 aliphatic rings. The topological polar surface area (TPSA) is 58.6 Å². The van der Waals surface area contributed by atoms with E-state index in [9.17, 15) is 9.59 Å². The minimum absolute atomic E-state index is 0.279. The Labute approximate surface area is 201 Å². The smallest absolute Gasteiger partial charge is 0.282 e. The molecular weight excluding hydrogens is 424 g/mol. The summed E-state index contributed by atoms with van der Waals surface area (Å²) in [5.41, 5.74) is 6.62. The molecule has 0 unspecified atom stereocenters. The lowest BCUT2D eigenvalue weighted by Gasteiger charge is -2.19. The van der Waals surface area contributed by atoms with Gasteiger partial charge < -0.3 is 10.1 Å². The normalized spacial score (nSPS) is 13.6. The zero-order valence-electron chi connectivity index (χ0n) is 20.4. The van der Waals surface area contributed by atoms with Crippen molar-refractivity contribution in [2.24, 2.45) is 0 Å². The van der Waals surface area contributed by atoms with Crippen molar-refractivity contribution in [3.63, 3.8) is 0 Å². The van der Waals surface area contributed by atoms with Gasteiger partial charge in [-0.15, -0.1) is 0 Å². The summed E-state index contributed by atoms with van der Waals surface area (Å²) in [6, 6.07) is 19.1. The maximum atomic E-state index is 13.8. The predicted octanol–water partition coefficient (Wildman–Crippen LogP) is 6.11. The van der Waals surface area contributed by atoms with Crippen LogP contribution >= 0.6 is 0 Å². The van der Waals surface area contributed by atoms with Crippen LogP contribution in [0.1, 0.15) is 41.2 Å². The summed E-state index contributed by atoms with van der Waals surface area (Å²) >= 11 is 0. The summed E-state index contributed by atoms with van der Waals surface area (Å²) in [7, 11) is 0. The minimum Gasteiger partial charge on any atom is -0.494 e. The van der Waals surface area contributed by atoms with Gasteiger partial charge in [0.1, 0.15) is 11.4 Å². The van der Waals surface area contributed by atoms with E-state index >= 15 is 0 Å². The third-order valence-electron chi connectivity index (χ3n) is 5.96. The fourth-order valence-corrected chi connectivity index (χ4v) is 4.04. The second kappa shape index (κ2) is 9.56. The number of ether oxygens (including phenoxy) is 1. The molecule has 3 aromatic carbocycles. The number of hydrogen-bond acceptors (Lipinski definition) is 4. The Balaban J connectivity index is 1.82. The Morgan fingerprint density at radius 3 is 2.12 bits per heavy atom. The number of nitrogens with one attached hydrogen (secondary N) is 1. The molecule has 0 saturated carbocycles. The van der Waals surface area contributed by atoms with Crippen LogP contribution in [0.25, 0.3) is 5.57 Å². The van der Waals surface area contributed by atoms with E-state index in [4.69, 9.17) is 4.74 Å². The number of amides is 2. The molecule has 0 aromatic heterocycles. The van der Waals surface area contributed by atoms with E-state index in [2.05, 4.69) is 12.2 Å². The van der Waals surface area contributed by atoms with E-state index < -0.39 is 0 Å². The average molecular weight is 455 g/mol. The van der Waals surface area contributed by atoms with Gasteiger partial charge in [-0.05, 0) is 86.2 Å². The first-order valence-corrected chi connectivity index (χ1v) is 11.6. The molecule has 174 valence electrons. The highest BCUT2D eigenvalue weighted by molar-refractivity contribution is 6.46. The number of aryl methyl sites for hydroxylation is 4. The number of imide groups is 1. The van der Waals surface area contributed by atoms with E-state index in [-0.39, 0.29) is 17.5 Å². The van der Waals surface area contributed by atoms with Crippen molar-refractivity contribution in [3.05, 3.63) is 94.2 Å². The van der Waals surface area contributed by atoms with E-state index in [0.29, 0.717) is 23.4 Å². The number of carbonyl (C=O) groups is 2. The highest BCUT2D eigenvalue weighted by atomic mass is 16.5. The lowest BCUT2D eigenvalue weighted by atomic mass is 10.0. The van der Waals surface area contributed by atoms with Crippen molar-refractivity contribution < 1.29 is 14.3 Å². The van der Waals surface area contributed by atoms with Crippen molar-refractivity contribution in [2.45, 2.75) is 41.0 Å². The van der Waals surface area contributed by atoms with Gasteiger partial charge in [-0.25, -0.2) is 4.90 Å². The summed E-state index contributed by atoms with van der Waals surface area (Å²) < 4.78 is 5.70. The zero-order valence-corrected chi connectivity index (χ0v) is 20.4. The molecule has 0 saturated heterocycles. The number of rotatable bonds is 7. The maximum Gasteiger partial charge on any atom is 0.282 e. The number of hydrogen-bond donors (Lipinski definition) is 1. The summed E-state index contributed by atoms with van der Waals surface area (Å²) in [5.74, 6) is 0.0352. The van der Waals surface area contributed by atoms with Crippen LogP contribution in [-0.2, 0) is 9.59 Å². The molecule has 0 fully saturated rings.